The van der Waals surface area contributed by atoms with E-state index in [0.29, 0.717) is 10.6 Å². The summed E-state index contributed by atoms with van der Waals surface area (Å²) in [7, 11) is 0. The monoisotopic (exact) mass is 265 g/mol. The third-order valence-electron chi connectivity index (χ3n) is 2.68. The first-order valence-corrected chi connectivity index (χ1v) is 5.66. The van der Waals surface area contributed by atoms with Gasteiger partial charge in [0.15, 0.2) is 0 Å². The Kier molecular flexibility index (Phi) is 3.36. The molecule has 1 aromatic carbocycles. The first kappa shape index (κ1) is 12.6. The number of aromatic nitrogens is 2. The van der Waals surface area contributed by atoms with Gasteiger partial charge in [-0.05, 0) is 24.6 Å². The van der Waals surface area contributed by atoms with Crippen LogP contribution < -0.4 is 5.73 Å². The minimum atomic E-state index is -1.09. The number of halogens is 1. The quantitative estimate of drug-likeness (QED) is 0.888. The van der Waals surface area contributed by atoms with E-state index in [0.717, 1.165) is 11.5 Å². The summed E-state index contributed by atoms with van der Waals surface area (Å²) in [6.07, 6.45) is 3.45. The van der Waals surface area contributed by atoms with Crippen molar-refractivity contribution in [1.82, 2.24) is 9.55 Å². The van der Waals surface area contributed by atoms with Crippen LogP contribution >= 0.6 is 11.6 Å². The van der Waals surface area contributed by atoms with Crippen molar-refractivity contribution in [1.29, 1.82) is 0 Å². The summed E-state index contributed by atoms with van der Waals surface area (Å²) in [4.78, 5) is 14.9. The van der Waals surface area contributed by atoms with E-state index in [4.69, 9.17) is 22.4 Å². The largest absolute Gasteiger partial charge is 0.480 e. The smallest absolute Gasteiger partial charge is 0.325 e. The van der Waals surface area contributed by atoms with Gasteiger partial charge in [-0.3, -0.25) is 4.79 Å². The molecule has 0 radical (unpaired) electrons. The highest BCUT2D eigenvalue weighted by Gasteiger charge is 2.16. The predicted octanol–water partition coefficient (Wildman–Crippen LogP) is 1.92. The molecule has 0 saturated carbocycles. The van der Waals surface area contributed by atoms with Crippen LogP contribution in [-0.2, 0) is 4.79 Å². The fourth-order valence-corrected chi connectivity index (χ4v) is 1.97. The van der Waals surface area contributed by atoms with Crippen molar-refractivity contribution in [2.75, 3.05) is 0 Å². The summed E-state index contributed by atoms with van der Waals surface area (Å²) in [6.45, 7) is 1.85. The number of hydrogen-bond donors (Lipinski definition) is 2. The summed E-state index contributed by atoms with van der Waals surface area (Å²) in [6, 6.07) is 3.88. The van der Waals surface area contributed by atoms with E-state index in [-0.39, 0.29) is 0 Å². The fraction of sp³-hybridized carbons (Fsp3) is 0.167. The van der Waals surface area contributed by atoms with Gasteiger partial charge in [-0.1, -0.05) is 17.7 Å². The number of carboxylic acids is 1. The lowest BCUT2D eigenvalue weighted by atomic mass is 10.1. The molecule has 18 heavy (non-hydrogen) atoms. The zero-order valence-electron chi connectivity index (χ0n) is 9.67. The molecule has 2 aromatic rings. The lowest BCUT2D eigenvalue weighted by Crippen LogP contribution is -2.20. The van der Waals surface area contributed by atoms with Crippen LogP contribution in [0.4, 0.5) is 0 Å². The Bertz CT molecular complexity index is 595. The predicted molar refractivity (Wildman–Crippen MR) is 67.9 cm³/mol. The number of carboxylic acid groups (broad SMARTS) is 1. The zero-order chi connectivity index (χ0) is 13.3. The van der Waals surface area contributed by atoms with Crippen molar-refractivity contribution < 1.29 is 9.90 Å². The number of hydrogen-bond acceptors (Lipinski definition) is 3. The Morgan fingerprint density at radius 3 is 2.78 bits per heavy atom. The standard InChI is InChI=1S/C12H12ClN3O2/c1-7-15-4-5-16(7)10-3-2-8(6-9(10)13)11(14)12(17)18/h2-6,11H,14H2,1H3,(H,17,18). The number of nitrogens with two attached hydrogens (primary N) is 1. The molecular weight excluding hydrogens is 254 g/mol. The molecule has 0 aliphatic rings. The Hall–Kier alpha value is -1.85. The highest BCUT2D eigenvalue weighted by molar-refractivity contribution is 6.32. The molecule has 0 amide bonds. The van der Waals surface area contributed by atoms with Gasteiger partial charge in [-0.15, -0.1) is 0 Å². The Labute approximate surface area is 109 Å². The van der Waals surface area contributed by atoms with Crippen molar-refractivity contribution in [3.63, 3.8) is 0 Å². The van der Waals surface area contributed by atoms with Gasteiger partial charge in [0.25, 0.3) is 0 Å². The highest BCUT2D eigenvalue weighted by Crippen LogP contribution is 2.25. The number of imidazole rings is 1. The minimum absolute atomic E-state index is 0.435. The summed E-state index contributed by atoms with van der Waals surface area (Å²) >= 11 is 6.14. The van der Waals surface area contributed by atoms with E-state index >= 15 is 0 Å². The van der Waals surface area contributed by atoms with E-state index in [1.807, 2.05) is 11.5 Å². The van der Waals surface area contributed by atoms with Crippen LogP contribution in [0.1, 0.15) is 17.4 Å². The summed E-state index contributed by atoms with van der Waals surface area (Å²) in [5.41, 5.74) is 6.74. The zero-order valence-corrected chi connectivity index (χ0v) is 10.4. The van der Waals surface area contributed by atoms with Crippen molar-refractivity contribution in [2.45, 2.75) is 13.0 Å². The van der Waals surface area contributed by atoms with Crippen LogP contribution in [0.25, 0.3) is 5.69 Å². The van der Waals surface area contributed by atoms with Gasteiger partial charge in [-0.2, -0.15) is 0 Å². The average Bonchev–Trinajstić information content (AvgIpc) is 2.74. The topological polar surface area (TPSA) is 81.1 Å². The third kappa shape index (κ3) is 2.23. The van der Waals surface area contributed by atoms with Gasteiger partial charge in [0.1, 0.15) is 11.9 Å². The number of carbonyl (C=O) groups is 1. The van der Waals surface area contributed by atoms with Gasteiger partial charge in [-0.25, -0.2) is 4.98 Å². The maximum Gasteiger partial charge on any atom is 0.325 e. The second kappa shape index (κ2) is 4.80. The first-order chi connectivity index (χ1) is 8.50. The fourth-order valence-electron chi connectivity index (χ4n) is 1.69. The van der Waals surface area contributed by atoms with Crippen LogP contribution in [0.2, 0.25) is 5.02 Å². The third-order valence-corrected chi connectivity index (χ3v) is 2.98. The molecule has 1 aromatic heterocycles. The van der Waals surface area contributed by atoms with Crippen LogP contribution in [0.15, 0.2) is 30.6 Å². The van der Waals surface area contributed by atoms with E-state index in [1.54, 1.807) is 30.6 Å². The van der Waals surface area contributed by atoms with Gasteiger partial charge < -0.3 is 15.4 Å². The first-order valence-electron chi connectivity index (χ1n) is 5.29. The molecule has 1 atom stereocenters. The lowest BCUT2D eigenvalue weighted by Gasteiger charge is -2.11. The lowest BCUT2D eigenvalue weighted by molar-refractivity contribution is -0.138. The molecule has 0 bridgehead atoms. The Morgan fingerprint density at radius 1 is 1.56 bits per heavy atom. The molecule has 0 aliphatic carbocycles. The van der Waals surface area contributed by atoms with E-state index < -0.39 is 12.0 Å². The number of rotatable bonds is 3. The molecule has 3 N–H and O–H groups in total. The second-order valence-electron chi connectivity index (χ2n) is 3.87. The van der Waals surface area contributed by atoms with Gasteiger partial charge in [0.05, 0.1) is 10.7 Å². The average molecular weight is 266 g/mol. The van der Waals surface area contributed by atoms with Crippen LogP contribution in [0.5, 0.6) is 0 Å². The SMILES string of the molecule is Cc1nccn1-c1ccc(C(N)C(=O)O)cc1Cl. The molecular formula is C12H12ClN3O2. The van der Waals surface area contributed by atoms with Gasteiger partial charge in [0.2, 0.25) is 0 Å². The molecule has 1 heterocycles. The van der Waals surface area contributed by atoms with Crippen molar-refractivity contribution in [2.24, 2.45) is 5.73 Å². The highest BCUT2D eigenvalue weighted by atomic mass is 35.5. The van der Waals surface area contributed by atoms with Crippen molar-refractivity contribution in [3.8, 4) is 5.69 Å². The molecule has 1 unspecified atom stereocenters. The van der Waals surface area contributed by atoms with Crippen molar-refractivity contribution >= 4 is 17.6 Å². The molecule has 2 rings (SSSR count). The van der Waals surface area contributed by atoms with Crippen molar-refractivity contribution in [3.05, 3.63) is 47.0 Å². The number of benzene rings is 1. The maximum absolute atomic E-state index is 10.8. The Balaban J connectivity index is 2.43. The molecule has 0 saturated heterocycles. The molecule has 0 fully saturated rings. The van der Waals surface area contributed by atoms with Crippen LogP contribution in [0.3, 0.4) is 0 Å². The number of nitrogens with zero attached hydrogens (tertiary/aromatic N) is 2. The maximum atomic E-state index is 10.8. The van der Waals surface area contributed by atoms with Gasteiger partial charge >= 0.3 is 5.97 Å². The van der Waals surface area contributed by atoms with E-state index in [2.05, 4.69) is 4.98 Å². The number of aliphatic carboxylic acids is 1. The normalized spacial score (nSPS) is 12.4. The summed E-state index contributed by atoms with van der Waals surface area (Å²) in [5, 5.41) is 9.28. The molecule has 94 valence electrons. The van der Waals surface area contributed by atoms with Crippen LogP contribution in [-0.4, -0.2) is 20.6 Å². The summed E-state index contributed by atoms with van der Waals surface area (Å²) in [5.74, 6) is -0.287. The molecule has 6 heteroatoms. The minimum Gasteiger partial charge on any atom is -0.480 e. The van der Waals surface area contributed by atoms with Gasteiger partial charge in [0, 0.05) is 12.4 Å². The molecule has 0 spiro atoms. The van der Waals surface area contributed by atoms with E-state index in [9.17, 15) is 4.79 Å². The second-order valence-corrected chi connectivity index (χ2v) is 4.28. The van der Waals surface area contributed by atoms with Crippen LogP contribution in [0, 0.1) is 6.92 Å². The summed E-state index contributed by atoms with van der Waals surface area (Å²) < 4.78 is 1.82. The molecule has 0 aliphatic heterocycles. The molecule has 5 nitrogen and oxygen atoms in total. The Morgan fingerprint density at radius 2 is 2.28 bits per heavy atom. The number of aryl methyl sites for hydroxylation is 1. The van der Waals surface area contributed by atoms with E-state index in [1.165, 1.54) is 0 Å².